The summed E-state index contributed by atoms with van der Waals surface area (Å²) < 4.78 is 18.7. The second kappa shape index (κ2) is 11.0. The lowest BCUT2D eigenvalue weighted by Gasteiger charge is -2.12. The number of aryl methyl sites for hydroxylation is 1. The Morgan fingerprint density at radius 2 is 1.89 bits per heavy atom. The van der Waals surface area contributed by atoms with Gasteiger partial charge in [0.15, 0.2) is 23.9 Å². The largest absolute Gasteiger partial charge is 0.493 e. The minimum Gasteiger partial charge on any atom is -0.493 e. The second-order valence-corrected chi connectivity index (χ2v) is 8.72. The van der Waals surface area contributed by atoms with E-state index in [-0.39, 0.29) is 12.4 Å². The Kier molecular flexibility index (Phi) is 7.13. The summed E-state index contributed by atoms with van der Waals surface area (Å²) in [7, 11) is 1.50. The van der Waals surface area contributed by atoms with Crippen molar-refractivity contribution < 1.29 is 19.0 Å². The summed E-state index contributed by atoms with van der Waals surface area (Å²) in [6.45, 7) is 0.547. The number of hydrogen-bond acceptors (Lipinski definition) is 7. The molecule has 1 aromatic heterocycles. The molecule has 1 aliphatic rings. The van der Waals surface area contributed by atoms with Gasteiger partial charge in [0, 0.05) is 18.4 Å². The van der Waals surface area contributed by atoms with Crippen LogP contribution in [-0.2, 0) is 17.8 Å². The average molecular weight is 495 g/mol. The predicted octanol–water partition coefficient (Wildman–Crippen LogP) is 5.21. The molecular weight excluding hydrogens is 468 g/mol. The van der Waals surface area contributed by atoms with E-state index in [2.05, 4.69) is 16.3 Å². The van der Waals surface area contributed by atoms with E-state index in [1.54, 1.807) is 24.3 Å². The van der Waals surface area contributed by atoms with Crippen LogP contribution in [0.15, 0.2) is 60.7 Å². The van der Waals surface area contributed by atoms with Gasteiger partial charge in [0.25, 0.3) is 0 Å². The average Bonchev–Trinajstić information content (AvgIpc) is 3.18. The third-order valence-corrected chi connectivity index (χ3v) is 6.29. The van der Waals surface area contributed by atoms with Crippen LogP contribution in [0.25, 0.3) is 22.4 Å². The molecule has 186 valence electrons. The Morgan fingerprint density at radius 3 is 2.76 bits per heavy atom. The molecule has 0 bridgehead atoms. The first-order chi connectivity index (χ1) is 18.2. The molecule has 37 heavy (non-hydrogen) atoms. The van der Waals surface area contributed by atoms with Crippen molar-refractivity contribution in [1.29, 1.82) is 5.26 Å². The monoisotopic (exact) mass is 494 g/mol. The minimum atomic E-state index is -0.557. The van der Waals surface area contributed by atoms with Crippen LogP contribution in [0.1, 0.15) is 36.5 Å². The summed E-state index contributed by atoms with van der Waals surface area (Å²) in [5.41, 5.74) is 1.13. The minimum absolute atomic E-state index is 0.255. The Balaban J connectivity index is 1.31. The van der Waals surface area contributed by atoms with Gasteiger partial charge in [-0.25, -0.2) is 4.79 Å². The maximum absolute atomic E-state index is 12.5. The van der Waals surface area contributed by atoms with Gasteiger partial charge >= 0.3 is 5.97 Å². The summed E-state index contributed by atoms with van der Waals surface area (Å²) >= 11 is 0. The van der Waals surface area contributed by atoms with E-state index in [0.717, 1.165) is 48.8 Å². The van der Waals surface area contributed by atoms with Crippen LogP contribution in [0.4, 0.5) is 0 Å². The molecule has 0 saturated heterocycles. The molecule has 0 N–H and O–H groups in total. The van der Waals surface area contributed by atoms with Gasteiger partial charge in [-0.2, -0.15) is 5.26 Å². The maximum atomic E-state index is 12.5. The van der Waals surface area contributed by atoms with Gasteiger partial charge in [-0.1, -0.05) is 48.9 Å². The zero-order chi connectivity index (χ0) is 25.6. The van der Waals surface area contributed by atoms with Gasteiger partial charge in [0.1, 0.15) is 17.6 Å². The Morgan fingerprint density at radius 1 is 1.03 bits per heavy atom. The number of ether oxygens (including phenoxy) is 3. The number of carbonyl (C=O) groups excluding carboxylic acids is 1. The van der Waals surface area contributed by atoms with Crippen molar-refractivity contribution in [1.82, 2.24) is 14.8 Å². The van der Waals surface area contributed by atoms with Crippen molar-refractivity contribution in [2.75, 3.05) is 13.7 Å². The number of benzene rings is 3. The normalized spacial score (nSPS) is 13.4. The highest BCUT2D eigenvalue weighted by molar-refractivity contribution is 5.89. The van der Waals surface area contributed by atoms with E-state index >= 15 is 0 Å². The summed E-state index contributed by atoms with van der Waals surface area (Å²) in [6.07, 6.45) is 5.85. The molecule has 0 spiro atoms. The third kappa shape index (κ3) is 5.31. The number of nitrogens with zero attached hydrogens (tertiary/aromatic N) is 4. The first kappa shape index (κ1) is 24.1. The highest BCUT2D eigenvalue weighted by Crippen LogP contribution is 2.31. The molecule has 0 aliphatic carbocycles. The van der Waals surface area contributed by atoms with Crippen LogP contribution >= 0.6 is 0 Å². The molecule has 2 heterocycles. The summed E-state index contributed by atoms with van der Waals surface area (Å²) in [6, 6.07) is 20.8. The molecule has 0 radical (unpaired) electrons. The quantitative estimate of drug-likeness (QED) is 0.197. The van der Waals surface area contributed by atoms with Crippen molar-refractivity contribution in [3.63, 3.8) is 0 Å². The molecule has 0 fully saturated rings. The van der Waals surface area contributed by atoms with Crippen LogP contribution < -0.4 is 14.2 Å². The van der Waals surface area contributed by atoms with Crippen LogP contribution in [0.2, 0.25) is 0 Å². The number of methoxy groups -OCH3 is 1. The molecule has 8 nitrogen and oxygen atoms in total. The molecule has 3 aromatic carbocycles. The van der Waals surface area contributed by atoms with E-state index in [1.165, 1.54) is 7.11 Å². The number of carbonyl (C=O) groups is 1. The molecule has 5 rings (SSSR count). The van der Waals surface area contributed by atoms with Crippen LogP contribution in [0.5, 0.6) is 17.2 Å². The number of nitriles is 1. The van der Waals surface area contributed by atoms with Gasteiger partial charge in [0.2, 0.25) is 0 Å². The lowest BCUT2D eigenvalue weighted by molar-refractivity contribution is -0.136. The molecule has 8 heteroatoms. The Bertz CT molecular complexity index is 1510. The van der Waals surface area contributed by atoms with E-state index in [1.807, 2.05) is 47.0 Å². The Labute approximate surface area is 214 Å². The van der Waals surface area contributed by atoms with Crippen molar-refractivity contribution in [2.45, 2.75) is 32.2 Å². The molecular formula is C29H26N4O4. The van der Waals surface area contributed by atoms with Gasteiger partial charge in [0.05, 0.1) is 12.7 Å². The number of hydrogen-bond donors (Lipinski definition) is 0. The molecule has 0 amide bonds. The highest BCUT2D eigenvalue weighted by atomic mass is 16.6. The topological polar surface area (TPSA) is 99.3 Å². The van der Waals surface area contributed by atoms with Crippen LogP contribution in [0.3, 0.4) is 0 Å². The molecule has 0 unspecified atom stereocenters. The zero-order valence-electron chi connectivity index (χ0n) is 20.5. The van der Waals surface area contributed by atoms with E-state index in [4.69, 9.17) is 14.2 Å². The van der Waals surface area contributed by atoms with Crippen molar-refractivity contribution in [3.05, 3.63) is 77.9 Å². The van der Waals surface area contributed by atoms with E-state index in [0.29, 0.717) is 28.5 Å². The first-order valence-corrected chi connectivity index (χ1v) is 12.2. The third-order valence-electron chi connectivity index (χ3n) is 6.29. The number of allylic oxidation sites excluding steroid dienone is 1. The SMILES string of the molecule is COc1cc(C=C(C#N)c2nnc3n2CCCCC3)ccc1OC(=O)COc1cccc2ccccc12. The summed E-state index contributed by atoms with van der Waals surface area (Å²) in [5, 5.41) is 20.4. The van der Waals surface area contributed by atoms with Gasteiger partial charge < -0.3 is 18.8 Å². The molecule has 0 atom stereocenters. The second-order valence-electron chi connectivity index (χ2n) is 8.72. The smallest absolute Gasteiger partial charge is 0.349 e. The fourth-order valence-electron chi connectivity index (χ4n) is 4.47. The molecule has 0 saturated carbocycles. The number of aromatic nitrogens is 3. The lowest BCUT2D eigenvalue weighted by Crippen LogP contribution is -2.18. The number of rotatable bonds is 7. The lowest BCUT2D eigenvalue weighted by atomic mass is 10.1. The van der Waals surface area contributed by atoms with E-state index in [9.17, 15) is 10.1 Å². The predicted molar refractivity (Wildman–Crippen MR) is 139 cm³/mol. The van der Waals surface area contributed by atoms with E-state index < -0.39 is 5.97 Å². The fourth-order valence-corrected chi connectivity index (χ4v) is 4.47. The fraction of sp³-hybridized carbons (Fsp3) is 0.241. The first-order valence-electron chi connectivity index (χ1n) is 12.2. The van der Waals surface area contributed by atoms with Crippen LogP contribution in [-0.4, -0.2) is 34.5 Å². The van der Waals surface area contributed by atoms with Gasteiger partial charge in [-0.3, -0.25) is 0 Å². The Hall–Kier alpha value is -4.64. The maximum Gasteiger partial charge on any atom is 0.349 e. The van der Waals surface area contributed by atoms with Crippen LogP contribution in [0, 0.1) is 11.3 Å². The van der Waals surface area contributed by atoms with Crippen molar-refractivity contribution in [2.24, 2.45) is 0 Å². The molecule has 4 aromatic rings. The van der Waals surface area contributed by atoms with Crippen molar-refractivity contribution in [3.8, 4) is 23.3 Å². The number of fused-ring (bicyclic) bond motifs is 2. The standard InChI is InChI=1S/C29H26N4O4/c1-35-26-17-20(16-22(18-30)29-32-31-27-12-3-2-6-15-33(27)29)13-14-25(26)37-28(34)19-36-24-11-7-9-21-8-4-5-10-23(21)24/h4-5,7-11,13-14,16-17H,2-3,6,12,15,19H2,1H3. The van der Waals surface area contributed by atoms with Gasteiger partial charge in [-0.15, -0.1) is 10.2 Å². The zero-order valence-corrected chi connectivity index (χ0v) is 20.5. The van der Waals surface area contributed by atoms with Crippen molar-refractivity contribution >= 4 is 28.4 Å². The van der Waals surface area contributed by atoms with Gasteiger partial charge in [-0.05, 0) is 48.1 Å². The number of esters is 1. The summed E-state index contributed by atoms with van der Waals surface area (Å²) in [4.78, 5) is 12.5. The highest BCUT2D eigenvalue weighted by Gasteiger charge is 2.18. The summed E-state index contributed by atoms with van der Waals surface area (Å²) in [5.74, 6) is 2.17. The molecule has 1 aliphatic heterocycles.